The van der Waals surface area contributed by atoms with Gasteiger partial charge in [-0.25, -0.2) is 0 Å². The Morgan fingerprint density at radius 3 is 2.79 bits per heavy atom. The van der Waals surface area contributed by atoms with Crippen LogP contribution >= 0.6 is 11.3 Å². The molecule has 0 fully saturated rings. The van der Waals surface area contributed by atoms with Gasteiger partial charge in [0.1, 0.15) is 11.6 Å². The van der Waals surface area contributed by atoms with E-state index in [4.69, 9.17) is 0 Å². The quantitative estimate of drug-likeness (QED) is 0.855. The lowest BCUT2D eigenvalue weighted by atomic mass is 10.1. The Morgan fingerprint density at radius 2 is 2.21 bits per heavy atom. The van der Waals surface area contributed by atoms with Crippen molar-refractivity contribution >= 4 is 11.3 Å². The Kier molecular flexibility index (Phi) is 4.18. The average Bonchev–Trinajstić information content (AvgIpc) is 2.90. The lowest BCUT2D eigenvalue weighted by molar-refractivity contribution is 0.507. The van der Waals surface area contributed by atoms with Gasteiger partial charge in [-0.3, -0.25) is 4.79 Å². The van der Waals surface area contributed by atoms with E-state index in [1.807, 2.05) is 23.6 Å². The average molecular weight is 272 g/mol. The van der Waals surface area contributed by atoms with E-state index in [-0.39, 0.29) is 11.1 Å². The van der Waals surface area contributed by atoms with Gasteiger partial charge in [0.25, 0.3) is 5.56 Å². The van der Waals surface area contributed by atoms with Gasteiger partial charge in [0.15, 0.2) is 0 Å². The highest BCUT2D eigenvalue weighted by Gasteiger charge is 2.12. The van der Waals surface area contributed by atoms with E-state index in [1.54, 1.807) is 10.8 Å². The van der Waals surface area contributed by atoms with Gasteiger partial charge in [-0.15, -0.1) is 11.3 Å². The molecule has 2 rings (SSSR count). The zero-order chi connectivity index (χ0) is 13.8. The van der Waals surface area contributed by atoms with Crippen LogP contribution in [0.1, 0.15) is 25.8 Å². The van der Waals surface area contributed by atoms with Crippen molar-refractivity contribution in [2.75, 3.05) is 0 Å². The molecule has 3 nitrogen and oxygen atoms in total. The van der Waals surface area contributed by atoms with Crippen LogP contribution in [0.25, 0.3) is 10.4 Å². The zero-order valence-electron chi connectivity index (χ0n) is 11.1. The molecular weight excluding hydrogens is 256 g/mol. The van der Waals surface area contributed by atoms with Crippen molar-refractivity contribution in [1.29, 1.82) is 5.26 Å². The molecule has 0 atom stereocenters. The molecule has 98 valence electrons. The summed E-state index contributed by atoms with van der Waals surface area (Å²) in [5.74, 6) is 0.536. The molecule has 19 heavy (non-hydrogen) atoms. The van der Waals surface area contributed by atoms with Crippen molar-refractivity contribution in [2.24, 2.45) is 5.92 Å². The van der Waals surface area contributed by atoms with Gasteiger partial charge in [0.05, 0.1) is 0 Å². The summed E-state index contributed by atoms with van der Waals surface area (Å²) >= 11 is 1.54. The highest BCUT2D eigenvalue weighted by molar-refractivity contribution is 7.13. The molecule has 0 unspecified atom stereocenters. The molecule has 0 aliphatic rings. The Labute approximate surface area is 116 Å². The molecule has 2 aromatic heterocycles. The molecule has 0 spiro atoms. The summed E-state index contributed by atoms with van der Waals surface area (Å²) in [6, 6.07) is 7.77. The molecule has 0 aliphatic heterocycles. The predicted octanol–water partition coefficient (Wildman–Crippen LogP) is 3.49. The minimum absolute atomic E-state index is 0.186. The number of hydrogen-bond donors (Lipinski definition) is 0. The Morgan fingerprint density at radius 1 is 1.42 bits per heavy atom. The SMILES string of the molecule is CC(C)CCn1ccc(-c2cccs2)c(C#N)c1=O. The van der Waals surface area contributed by atoms with Crippen LogP contribution in [0, 0.1) is 17.2 Å². The Balaban J connectivity index is 2.43. The first-order valence-corrected chi connectivity index (χ1v) is 7.19. The molecule has 0 aromatic carbocycles. The third-order valence-corrected chi connectivity index (χ3v) is 3.91. The second-order valence-electron chi connectivity index (χ2n) is 4.87. The lowest BCUT2D eigenvalue weighted by Crippen LogP contribution is -2.23. The molecule has 4 heteroatoms. The van der Waals surface area contributed by atoms with E-state index in [0.717, 1.165) is 16.9 Å². The summed E-state index contributed by atoms with van der Waals surface area (Å²) in [5.41, 5.74) is 0.797. The number of rotatable bonds is 4. The summed E-state index contributed by atoms with van der Waals surface area (Å²) in [4.78, 5) is 13.2. The second kappa shape index (κ2) is 5.85. The molecule has 0 amide bonds. The minimum atomic E-state index is -0.186. The predicted molar refractivity (Wildman–Crippen MR) is 78.2 cm³/mol. The van der Waals surface area contributed by atoms with E-state index >= 15 is 0 Å². The van der Waals surface area contributed by atoms with Crippen molar-refractivity contribution in [3.8, 4) is 16.5 Å². The van der Waals surface area contributed by atoms with Crippen LogP contribution in [0.15, 0.2) is 34.6 Å². The van der Waals surface area contributed by atoms with Crippen LogP contribution in [0.3, 0.4) is 0 Å². The summed E-state index contributed by atoms with van der Waals surface area (Å²) in [6.07, 6.45) is 2.73. The van der Waals surface area contributed by atoms with Gasteiger partial charge in [-0.05, 0) is 29.9 Å². The summed E-state index contributed by atoms with van der Waals surface area (Å²) in [7, 11) is 0. The van der Waals surface area contributed by atoms with Gasteiger partial charge < -0.3 is 4.57 Å². The Bertz CT molecular complexity index is 648. The number of hydrogen-bond acceptors (Lipinski definition) is 3. The van der Waals surface area contributed by atoms with Crippen LogP contribution in [0.4, 0.5) is 0 Å². The molecule has 0 aliphatic carbocycles. The molecule has 0 bridgehead atoms. The van der Waals surface area contributed by atoms with Gasteiger partial charge in [0.2, 0.25) is 0 Å². The van der Waals surface area contributed by atoms with Crippen molar-refractivity contribution in [3.63, 3.8) is 0 Å². The largest absolute Gasteiger partial charge is 0.314 e. The topological polar surface area (TPSA) is 45.8 Å². The van der Waals surface area contributed by atoms with Crippen LogP contribution in [0.5, 0.6) is 0 Å². The highest BCUT2D eigenvalue weighted by atomic mass is 32.1. The maximum atomic E-state index is 12.3. The van der Waals surface area contributed by atoms with Crippen molar-refractivity contribution in [3.05, 3.63) is 45.7 Å². The number of pyridine rings is 1. The van der Waals surface area contributed by atoms with E-state index in [1.165, 1.54) is 11.3 Å². The third-order valence-electron chi connectivity index (χ3n) is 3.01. The third kappa shape index (κ3) is 2.94. The van der Waals surface area contributed by atoms with E-state index < -0.39 is 0 Å². The monoisotopic (exact) mass is 272 g/mol. The second-order valence-corrected chi connectivity index (χ2v) is 5.82. The van der Waals surface area contributed by atoms with Gasteiger partial charge in [-0.2, -0.15) is 5.26 Å². The molecule has 0 radical (unpaired) electrons. The van der Waals surface area contributed by atoms with Crippen LogP contribution < -0.4 is 5.56 Å². The first-order chi connectivity index (χ1) is 9.13. The van der Waals surface area contributed by atoms with Gasteiger partial charge >= 0.3 is 0 Å². The first-order valence-electron chi connectivity index (χ1n) is 6.31. The minimum Gasteiger partial charge on any atom is -0.314 e. The van der Waals surface area contributed by atoms with Gasteiger partial charge in [-0.1, -0.05) is 19.9 Å². The molecule has 2 aromatic rings. The maximum absolute atomic E-state index is 12.3. The maximum Gasteiger partial charge on any atom is 0.269 e. The zero-order valence-corrected chi connectivity index (χ0v) is 11.9. The van der Waals surface area contributed by atoms with E-state index in [0.29, 0.717) is 12.5 Å². The van der Waals surface area contributed by atoms with Crippen LogP contribution in [0.2, 0.25) is 0 Å². The molecule has 0 saturated carbocycles. The fraction of sp³-hybridized carbons (Fsp3) is 0.333. The lowest BCUT2D eigenvalue weighted by Gasteiger charge is -2.10. The molecule has 0 saturated heterocycles. The smallest absolute Gasteiger partial charge is 0.269 e. The number of aryl methyl sites for hydroxylation is 1. The molecule has 0 N–H and O–H groups in total. The standard InChI is InChI=1S/C15H16N2OS/c1-11(2)5-7-17-8-6-12(13(10-16)15(17)18)14-4-3-9-19-14/h3-4,6,8-9,11H,5,7H2,1-2H3. The van der Waals surface area contributed by atoms with Crippen LogP contribution in [-0.4, -0.2) is 4.57 Å². The highest BCUT2D eigenvalue weighted by Crippen LogP contribution is 2.25. The normalized spacial score (nSPS) is 10.6. The molecule has 2 heterocycles. The van der Waals surface area contributed by atoms with E-state index in [2.05, 4.69) is 19.9 Å². The number of aromatic nitrogens is 1. The number of thiophene rings is 1. The summed E-state index contributed by atoms with van der Waals surface area (Å²) in [6.45, 7) is 4.91. The fourth-order valence-electron chi connectivity index (χ4n) is 1.89. The number of nitriles is 1. The summed E-state index contributed by atoms with van der Waals surface area (Å²) < 4.78 is 1.63. The van der Waals surface area contributed by atoms with Crippen molar-refractivity contribution in [2.45, 2.75) is 26.8 Å². The Hall–Kier alpha value is -1.86. The first kappa shape index (κ1) is 13.6. The van der Waals surface area contributed by atoms with Crippen LogP contribution in [-0.2, 0) is 6.54 Å². The van der Waals surface area contributed by atoms with E-state index in [9.17, 15) is 10.1 Å². The fourth-order valence-corrected chi connectivity index (χ4v) is 2.65. The number of nitrogens with zero attached hydrogens (tertiary/aromatic N) is 2. The summed E-state index contributed by atoms with van der Waals surface area (Å²) in [5, 5.41) is 11.2. The van der Waals surface area contributed by atoms with Gasteiger partial charge in [0, 0.05) is 23.2 Å². The van der Waals surface area contributed by atoms with Crippen molar-refractivity contribution in [1.82, 2.24) is 4.57 Å². The van der Waals surface area contributed by atoms with Crippen molar-refractivity contribution < 1.29 is 0 Å². The molecular formula is C15H16N2OS.